The van der Waals surface area contributed by atoms with Crippen LogP contribution in [-0.4, -0.2) is 57.0 Å². The van der Waals surface area contributed by atoms with Crippen molar-refractivity contribution in [2.24, 2.45) is 0 Å². The standard InChI is InChI=1S/C23H29NO6/c1-27-16-9-7-8-15(14-16)20(24-13-6-5-10-18(24)23(25)26)17-11-12-19(28-2)22(30-4)21(17)29-3/h7-9,11-12,14,18,20H,5-6,10,13H2,1-4H3,(H,25,26). The number of hydrogen-bond donors (Lipinski definition) is 1. The van der Waals surface area contributed by atoms with Crippen molar-refractivity contribution in [2.45, 2.75) is 31.3 Å². The number of carboxylic acid groups (broad SMARTS) is 1. The van der Waals surface area contributed by atoms with Crippen LogP contribution in [0.2, 0.25) is 0 Å². The third kappa shape index (κ3) is 4.16. The van der Waals surface area contributed by atoms with Crippen LogP contribution in [0.4, 0.5) is 0 Å². The highest BCUT2D eigenvalue weighted by Crippen LogP contribution is 2.46. The monoisotopic (exact) mass is 415 g/mol. The highest BCUT2D eigenvalue weighted by atomic mass is 16.5. The summed E-state index contributed by atoms with van der Waals surface area (Å²) < 4.78 is 22.2. The molecule has 2 aromatic rings. The first-order valence-electron chi connectivity index (χ1n) is 9.97. The average molecular weight is 415 g/mol. The zero-order valence-electron chi connectivity index (χ0n) is 17.9. The normalized spacial score (nSPS) is 17.8. The molecule has 30 heavy (non-hydrogen) atoms. The molecule has 3 rings (SSSR count). The van der Waals surface area contributed by atoms with Gasteiger partial charge in [-0.3, -0.25) is 9.69 Å². The molecule has 1 N–H and O–H groups in total. The van der Waals surface area contributed by atoms with Gasteiger partial charge in [0.1, 0.15) is 11.8 Å². The van der Waals surface area contributed by atoms with Crippen LogP contribution in [0.3, 0.4) is 0 Å². The summed E-state index contributed by atoms with van der Waals surface area (Å²) in [6.07, 6.45) is 2.42. The first-order chi connectivity index (χ1) is 14.5. The van der Waals surface area contributed by atoms with Crippen molar-refractivity contribution < 1.29 is 28.8 Å². The molecule has 0 saturated carbocycles. The summed E-state index contributed by atoms with van der Waals surface area (Å²) in [5, 5.41) is 9.92. The zero-order valence-corrected chi connectivity index (χ0v) is 17.9. The second kappa shape index (κ2) is 9.71. The molecule has 0 aliphatic carbocycles. The van der Waals surface area contributed by atoms with Crippen molar-refractivity contribution >= 4 is 5.97 Å². The predicted octanol–water partition coefficient (Wildman–Crippen LogP) is 3.75. The first-order valence-corrected chi connectivity index (χ1v) is 9.97. The number of hydrogen-bond acceptors (Lipinski definition) is 6. The van der Waals surface area contributed by atoms with E-state index in [1.807, 2.05) is 41.3 Å². The predicted molar refractivity (Wildman–Crippen MR) is 113 cm³/mol. The van der Waals surface area contributed by atoms with Gasteiger partial charge < -0.3 is 24.1 Å². The molecular formula is C23H29NO6. The summed E-state index contributed by atoms with van der Waals surface area (Å²) >= 11 is 0. The molecule has 7 heteroatoms. The maximum Gasteiger partial charge on any atom is 0.320 e. The molecule has 0 spiro atoms. The highest BCUT2D eigenvalue weighted by molar-refractivity contribution is 5.74. The van der Waals surface area contributed by atoms with Gasteiger partial charge in [0.15, 0.2) is 11.5 Å². The molecule has 0 amide bonds. The Balaban J connectivity index is 2.23. The number of piperidine rings is 1. The number of nitrogens with zero attached hydrogens (tertiary/aromatic N) is 1. The molecule has 1 heterocycles. The van der Waals surface area contributed by atoms with E-state index in [0.717, 1.165) is 24.0 Å². The number of ether oxygens (including phenoxy) is 4. The fourth-order valence-corrected chi connectivity index (χ4v) is 4.23. The van der Waals surface area contributed by atoms with Gasteiger partial charge >= 0.3 is 5.97 Å². The number of aliphatic carboxylic acids is 1. The average Bonchev–Trinajstić information content (AvgIpc) is 2.79. The fraction of sp³-hybridized carbons (Fsp3) is 0.435. The summed E-state index contributed by atoms with van der Waals surface area (Å²) in [4.78, 5) is 14.1. The number of rotatable bonds is 8. The van der Waals surface area contributed by atoms with Crippen molar-refractivity contribution in [3.05, 3.63) is 47.5 Å². The van der Waals surface area contributed by atoms with Crippen molar-refractivity contribution in [2.75, 3.05) is 35.0 Å². The Morgan fingerprint density at radius 3 is 2.40 bits per heavy atom. The number of benzene rings is 2. The minimum absolute atomic E-state index is 0.351. The van der Waals surface area contributed by atoms with E-state index in [0.29, 0.717) is 36.0 Å². The molecule has 7 nitrogen and oxygen atoms in total. The molecule has 0 radical (unpaired) electrons. The maximum absolute atomic E-state index is 12.1. The molecule has 1 saturated heterocycles. The quantitative estimate of drug-likeness (QED) is 0.704. The van der Waals surface area contributed by atoms with Crippen LogP contribution in [0.1, 0.15) is 36.4 Å². The van der Waals surface area contributed by atoms with E-state index >= 15 is 0 Å². The molecule has 2 aromatic carbocycles. The summed E-state index contributed by atoms with van der Waals surface area (Å²) in [5.74, 6) is 1.45. The van der Waals surface area contributed by atoms with E-state index in [2.05, 4.69) is 0 Å². The van der Waals surface area contributed by atoms with Crippen LogP contribution in [0.5, 0.6) is 23.0 Å². The number of likely N-dealkylation sites (tertiary alicyclic amines) is 1. The van der Waals surface area contributed by atoms with Crippen LogP contribution < -0.4 is 18.9 Å². The van der Waals surface area contributed by atoms with Crippen LogP contribution in [-0.2, 0) is 4.79 Å². The summed E-state index contributed by atoms with van der Waals surface area (Å²) in [5.41, 5.74) is 1.74. The Morgan fingerprint density at radius 2 is 1.77 bits per heavy atom. The van der Waals surface area contributed by atoms with Gasteiger partial charge in [-0.05, 0) is 49.2 Å². The lowest BCUT2D eigenvalue weighted by Crippen LogP contribution is -2.46. The van der Waals surface area contributed by atoms with Gasteiger partial charge in [0, 0.05) is 5.56 Å². The van der Waals surface area contributed by atoms with Gasteiger partial charge in [0.2, 0.25) is 5.75 Å². The Bertz CT molecular complexity index is 884. The largest absolute Gasteiger partial charge is 0.497 e. The Kier molecular flexibility index (Phi) is 7.05. The lowest BCUT2D eigenvalue weighted by Gasteiger charge is -2.40. The van der Waals surface area contributed by atoms with Crippen molar-refractivity contribution in [3.63, 3.8) is 0 Å². The summed E-state index contributed by atoms with van der Waals surface area (Å²) in [7, 11) is 6.33. The number of carboxylic acids is 1. The molecule has 162 valence electrons. The van der Waals surface area contributed by atoms with Gasteiger partial charge in [0.05, 0.1) is 34.5 Å². The molecular weight excluding hydrogens is 386 g/mol. The first kappa shape index (κ1) is 21.8. The molecule has 1 aliphatic heterocycles. The van der Waals surface area contributed by atoms with Crippen LogP contribution >= 0.6 is 0 Å². The van der Waals surface area contributed by atoms with Gasteiger partial charge in [-0.1, -0.05) is 18.6 Å². The molecule has 1 fully saturated rings. The van der Waals surface area contributed by atoms with Crippen molar-refractivity contribution in [1.29, 1.82) is 0 Å². The van der Waals surface area contributed by atoms with E-state index < -0.39 is 12.0 Å². The van der Waals surface area contributed by atoms with E-state index in [1.165, 1.54) is 0 Å². The van der Waals surface area contributed by atoms with Gasteiger partial charge in [-0.2, -0.15) is 0 Å². The lowest BCUT2D eigenvalue weighted by atomic mass is 9.90. The Morgan fingerprint density at radius 1 is 1.00 bits per heavy atom. The number of carbonyl (C=O) groups is 1. The van der Waals surface area contributed by atoms with Crippen LogP contribution in [0, 0.1) is 0 Å². The van der Waals surface area contributed by atoms with Crippen molar-refractivity contribution in [3.8, 4) is 23.0 Å². The van der Waals surface area contributed by atoms with E-state index in [4.69, 9.17) is 18.9 Å². The maximum atomic E-state index is 12.1. The second-order valence-corrected chi connectivity index (χ2v) is 7.19. The molecule has 2 atom stereocenters. The highest BCUT2D eigenvalue weighted by Gasteiger charge is 2.37. The molecule has 0 aromatic heterocycles. The summed E-state index contributed by atoms with van der Waals surface area (Å²) in [6, 6.07) is 10.5. The molecule has 2 unspecified atom stereocenters. The number of methoxy groups -OCH3 is 4. The van der Waals surface area contributed by atoms with E-state index in [-0.39, 0.29) is 6.04 Å². The third-order valence-corrected chi connectivity index (χ3v) is 5.60. The van der Waals surface area contributed by atoms with Crippen LogP contribution in [0.25, 0.3) is 0 Å². The Hall–Kier alpha value is -2.93. The van der Waals surface area contributed by atoms with Crippen LogP contribution in [0.15, 0.2) is 36.4 Å². The Labute approximate surface area is 177 Å². The van der Waals surface area contributed by atoms with Gasteiger partial charge in [-0.25, -0.2) is 0 Å². The smallest absolute Gasteiger partial charge is 0.320 e. The minimum Gasteiger partial charge on any atom is -0.497 e. The van der Waals surface area contributed by atoms with E-state index in [1.54, 1.807) is 28.4 Å². The SMILES string of the molecule is COc1cccc(C(c2ccc(OC)c(OC)c2OC)N2CCCCC2C(=O)O)c1. The topological polar surface area (TPSA) is 77.5 Å². The fourth-order valence-electron chi connectivity index (χ4n) is 4.23. The van der Waals surface area contributed by atoms with E-state index in [9.17, 15) is 9.90 Å². The molecule has 0 bridgehead atoms. The van der Waals surface area contributed by atoms with Gasteiger partial charge in [0.25, 0.3) is 0 Å². The summed E-state index contributed by atoms with van der Waals surface area (Å²) in [6.45, 7) is 0.663. The molecule has 1 aliphatic rings. The zero-order chi connectivity index (χ0) is 21.7. The van der Waals surface area contributed by atoms with Crippen molar-refractivity contribution in [1.82, 2.24) is 4.90 Å². The lowest BCUT2D eigenvalue weighted by molar-refractivity contribution is -0.145. The second-order valence-electron chi connectivity index (χ2n) is 7.19. The van der Waals surface area contributed by atoms with Gasteiger partial charge in [-0.15, -0.1) is 0 Å². The minimum atomic E-state index is -0.818. The third-order valence-electron chi connectivity index (χ3n) is 5.60.